The van der Waals surface area contributed by atoms with Gasteiger partial charge in [0.2, 0.25) is 10.0 Å². The first-order chi connectivity index (χ1) is 10.4. The number of carboxylic acids is 1. The summed E-state index contributed by atoms with van der Waals surface area (Å²) in [6, 6.07) is 1.67. The SMILES string of the molecule is O=C(O)CN(CC1CC1)C1CC(NS(=O)(=O)c2ccsc2)C1. The molecule has 2 saturated carbocycles. The maximum atomic E-state index is 12.1. The first-order valence-corrected chi connectivity index (χ1v) is 9.87. The van der Waals surface area contributed by atoms with Crippen molar-refractivity contribution in [2.24, 2.45) is 5.92 Å². The molecule has 2 N–H and O–H groups in total. The molecule has 1 aromatic rings. The van der Waals surface area contributed by atoms with Crippen LogP contribution in [-0.4, -0.2) is 49.6 Å². The van der Waals surface area contributed by atoms with Gasteiger partial charge in [0.05, 0.1) is 11.4 Å². The van der Waals surface area contributed by atoms with E-state index in [1.807, 2.05) is 4.90 Å². The smallest absolute Gasteiger partial charge is 0.317 e. The summed E-state index contributed by atoms with van der Waals surface area (Å²) in [6.45, 7) is 0.867. The molecule has 0 radical (unpaired) electrons. The van der Waals surface area contributed by atoms with Crippen LogP contribution in [0, 0.1) is 5.92 Å². The first-order valence-electron chi connectivity index (χ1n) is 7.44. The van der Waals surface area contributed by atoms with Gasteiger partial charge in [-0.15, -0.1) is 0 Å². The standard InChI is InChI=1S/C14H20N2O4S2/c17-14(18)8-16(7-10-1-2-10)12-5-11(6-12)15-22(19,20)13-3-4-21-9-13/h3-4,9-12,15H,1-2,5-8H2,(H,17,18). The highest BCUT2D eigenvalue weighted by Gasteiger charge is 2.38. The predicted molar refractivity (Wildman–Crippen MR) is 83.4 cm³/mol. The number of thiophene rings is 1. The van der Waals surface area contributed by atoms with E-state index in [0.717, 1.165) is 6.54 Å². The maximum absolute atomic E-state index is 12.1. The van der Waals surface area contributed by atoms with Crippen LogP contribution in [0.15, 0.2) is 21.7 Å². The molecular weight excluding hydrogens is 324 g/mol. The van der Waals surface area contributed by atoms with E-state index in [9.17, 15) is 13.2 Å². The van der Waals surface area contributed by atoms with E-state index in [2.05, 4.69) is 4.72 Å². The van der Waals surface area contributed by atoms with Crippen molar-refractivity contribution < 1.29 is 18.3 Å². The topological polar surface area (TPSA) is 86.7 Å². The molecule has 0 bridgehead atoms. The molecule has 0 aromatic carbocycles. The van der Waals surface area contributed by atoms with Crippen LogP contribution >= 0.6 is 11.3 Å². The van der Waals surface area contributed by atoms with Crippen LogP contribution < -0.4 is 4.72 Å². The Bertz CT molecular complexity index is 619. The Balaban J connectivity index is 1.52. The minimum atomic E-state index is -3.43. The number of carbonyl (C=O) groups is 1. The zero-order valence-electron chi connectivity index (χ0n) is 12.1. The van der Waals surface area contributed by atoms with Crippen molar-refractivity contribution in [1.29, 1.82) is 0 Å². The third-order valence-electron chi connectivity index (χ3n) is 4.28. The van der Waals surface area contributed by atoms with E-state index in [1.165, 1.54) is 24.2 Å². The fourth-order valence-electron chi connectivity index (χ4n) is 2.82. The van der Waals surface area contributed by atoms with E-state index >= 15 is 0 Å². The second-order valence-electron chi connectivity index (χ2n) is 6.17. The summed E-state index contributed by atoms with van der Waals surface area (Å²) in [5, 5.41) is 12.4. The van der Waals surface area contributed by atoms with Crippen LogP contribution in [0.5, 0.6) is 0 Å². The van der Waals surface area contributed by atoms with E-state index in [0.29, 0.717) is 23.7 Å². The molecule has 8 heteroatoms. The minimum absolute atomic E-state index is 0.0468. The van der Waals surface area contributed by atoms with E-state index in [1.54, 1.807) is 16.8 Å². The quantitative estimate of drug-likeness (QED) is 0.743. The van der Waals surface area contributed by atoms with Crippen LogP contribution in [0.2, 0.25) is 0 Å². The van der Waals surface area contributed by atoms with Crippen molar-refractivity contribution in [3.05, 3.63) is 16.8 Å². The van der Waals surface area contributed by atoms with Gasteiger partial charge in [-0.25, -0.2) is 13.1 Å². The molecule has 2 fully saturated rings. The number of rotatable bonds is 8. The highest BCUT2D eigenvalue weighted by Crippen LogP contribution is 2.34. The summed E-state index contributed by atoms with van der Waals surface area (Å²) in [5.41, 5.74) is 0. The molecule has 3 rings (SSSR count). The van der Waals surface area contributed by atoms with Gasteiger partial charge in [0.25, 0.3) is 0 Å². The van der Waals surface area contributed by atoms with Gasteiger partial charge >= 0.3 is 5.97 Å². The van der Waals surface area contributed by atoms with Gasteiger partial charge in [-0.2, -0.15) is 11.3 Å². The molecule has 0 atom stereocenters. The fourth-order valence-corrected chi connectivity index (χ4v) is 5.11. The molecular formula is C14H20N2O4S2. The summed E-state index contributed by atoms with van der Waals surface area (Å²) in [5.74, 6) is -0.191. The van der Waals surface area contributed by atoms with E-state index in [-0.39, 0.29) is 18.6 Å². The Kier molecular flexibility index (Phi) is 4.54. The lowest BCUT2D eigenvalue weighted by Crippen LogP contribution is -2.55. The molecule has 0 aliphatic heterocycles. The van der Waals surface area contributed by atoms with Gasteiger partial charge in [-0.05, 0) is 43.0 Å². The Morgan fingerprint density at radius 1 is 1.41 bits per heavy atom. The Hall–Kier alpha value is -0.960. The maximum Gasteiger partial charge on any atom is 0.317 e. The minimum Gasteiger partial charge on any atom is -0.480 e. The molecule has 1 aromatic heterocycles. The second kappa shape index (κ2) is 6.27. The number of nitrogens with one attached hydrogen (secondary N) is 1. The molecule has 0 saturated heterocycles. The molecule has 6 nitrogen and oxygen atoms in total. The van der Waals surface area contributed by atoms with Gasteiger partial charge in [-0.1, -0.05) is 0 Å². The van der Waals surface area contributed by atoms with Crippen LogP contribution in [0.1, 0.15) is 25.7 Å². The number of hydrogen-bond donors (Lipinski definition) is 2. The number of aliphatic carboxylic acids is 1. The van der Waals surface area contributed by atoms with Gasteiger partial charge in [0.15, 0.2) is 0 Å². The highest BCUT2D eigenvalue weighted by atomic mass is 32.2. The normalized spacial score (nSPS) is 25.1. The summed E-state index contributed by atoms with van der Waals surface area (Å²) in [6.07, 6.45) is 3.72. The third-order valence-corrected chi connectivity index (χ3v) is 6.64. The molecule has 2 aliphatic rings. The van der Waals surface area contributed by atoms with Crippen molar-refractivity contribution in [3.8, 4) is 0 Å². The Labute approximate surface area is 134 Å². The summed E-state index contributed by atoms with van der Waals surface area (Å²) in [4.78, 5) is 13.3. The average Bonchev–Trinajstić information content (AvgIpc) is 3.02. The number of hydrogen-bond acceptors (Lipinski definition) is 5. The molecule has 1 heterocycles. The molecule has 0 unspecified atom stereocenters. The second-order valence-corrected chi connectivity index (χ2v) is 8.66. The van der Waals surface area contributed by atoms with Crippen LogP contribution in [0.3, 0.4) is 0 Å². The van der Waals surface area contributed by atoms with Crippen LogP contribution in [0.25, 0.3) is 0 Å². The lowest BCUT2D eigenvalue weighted by Gasteiger charge is -2.42. The lowest BCUT2D eigenvalue weighted by atomic mass is 9.86. The number of sulfonamides is 1. The molecule has 2 aliphatic carbocycles. The summed E-state index contributed by atoms with van der Waals surface area (Å²) < 4.78 is 27.0. The first kappa shape index (κ1) is 15.9. The molecule has 0 amide bonds. The van der Waals surface area contributed by atoms with Gasteiger partial charge in [-0.3, -0.25) is 9.69 Å². The Morgan fingerprint density at radius 2 is 2.14 bits per heavy atom. The largest absolute Gasteiger partial charge is 0.480 e. The Morgan fingerprint density at radius 3 is 2.68 bits per heavy atom. The number of carboxylic acid groups (broad SMARTS) is 1. The van der Waals surface area contributed by atoms with Gasteiger partial charge < -0.3 is 5.11 Å². The molecule has 0 spiro atoms. The monoisotopic (exact) mass is 344 g/mol. The molecule has 122 valence electrons. The van der Waals surface area contributed by atoms with Crippen molar-refractivity contribution >= 4 is 27.3 Å². The van der Waals surface area contributed by atoms with Crippen molar-refractivity contribution in [1.82, 2.24) is 9.62 Å². The average molecular weight is 344 g/mol. The summed E-state index contributed by atoms with van der Waals surface area (Å²) in [7, 11) is -3.43. The summed E-state index contributed by atoms with van der Waals surface area (Å²) >= 11 is 1.35. The van der Waals surface area contributed by atoms with Crippen LogP contribution in [0.4, 0.5) is 0 Å². The lowest BCUT2D eigenvalue weighted by molar-refractivity contribution is -0.139. The van der Waals surface area contributed by atoms with Crippen molar-refractivity contribution in [2.75, 3.05) is 13.1 Å². The fraction of sp³-hybridized carbons (Fsp3) is 0.643. The van der Waals surface area contributed by atoms with E-state index < -0.39 is 16.0 Å². The number of nitrogens with zero attached hydrogens (tertiary/aromatic N) is 1. The van der Waals surface area contributed by atoms with Crippen molar-refractivity contribution in [2.45, 2.75) is 42.7 Å². The third kappa shape index (κ3) is 3.87. The zero-order valence-corrected chi connectivity index (χ0v) is 13.8. The molecule has 22 heavy (non-hydrogen) atoms. The van der Waals surface area contributed by atoms with Gasteiger partial charge in [0.1, 0.15) is 0 Å². The highest BCUT2D eigenvalue weighted by molar-refractivity contribution is 7.89. The van der Waals surface area contributed by atoms with Gasteiger partial charge in [0, 0.05) is 24.0 Å². The van der Waals surface area contributed by atoms with Crippen molar-refractivity contribution in [3.63, 3.8) is 0 Å². The van der Waals surface area contributed by atoms with E-state index in [4.69, 9.17) is 5.11 Å². The zero-order chi connectivity index (χ0) is 15.7. The predicted octanol–water partition coefficient (Wildman–Crippen LogP) is 1.35. The van der Waals surface area contributed by atoms with Crippen LogP contribution in [-0.2, 0) is 14.8 Å².